The van der Waals surface area contributed by atoms with Gasteiger partial charge in [-0.2, -0.15) is 0 Å². The number of pyridine rings is 1. The molecule has 1 aromatic rings. The number of aliphatic hydroxyl groups is 1. The second kappa shape index (κ2) is 6.96. The van der Waals surface area contributed by atoms with E-state index < -0.39 is 6.10 Å². The summed E-state index contributed by atoms with van der Waals surface area (Å²) in [7, 11) is 1.60. The van der Waals surface area contributed by atoms with E-state index in [0.29, 0.717) is 19.8 Å². The molecule has 1 aliphatic heterocycles. The lowest BCUT2D eigenvalue weighted by Crippen LogP contribution is -2.48. The van der Waals surface area contributed by atoms with E-state index in [0.717, 1.165) is 17.7 Å². The van der Waals surface area contributed by atoms with Crippen LogP contribution in [0.2, 0.25) is 0 Å². The van der Waals surface area contributed by atoms with Crippen molar-refractivity contribution in [2.45, 2.75) is 25.7 Å². The Morgan fingerprint density at radius 1 is 1.47 bits per heavy atom. The van der Waals surface area contributed by atoms with Gasteiger partial charge in [0.1, 0.15) is 6.10 Å². The SMILES string of the molecule is CO[C@@H]1COC[C@@H](CNCc2cncc(C)c2)[C@@H]1O. The molecule has 5 heteroatoms. The Bertz CT molecular complexity index is 400. The summed E-state index contributed by atoms with van der Waals surface area (Å²) in [5, 5.41) is 13.5. The van der Waals surface area contributed by atoms with Crippen molar-refractivity contribution >= 4 is 0 Å². The fraction of sp³-hybridized carbons (Fsp3) is 0.643. The van der Waals surface area contributed by atoms with Crippen LogP contribution in [0, 0.1) is 12.8 Å². The van der Waals surface area contributed by atoms with Crippen LogP contribution in [0.4, 0.5) is 0 Å². The number of methoxy groups -OCH3 is 1. The maximum atomic E-state index is 10.1. The Morgan fingerprint density at radius 2 is 2.32 bits per heavy atom. The molecule has 5 nitrogen and oxygen atoms in total. The van der Waals surface area contributed by atoms with Crippen molar-refractivity contribution in [1.82, 2.24) is 10.3 Å². The highest BCUT2D eigenvalue weighted by Gasteiger charge is 2.32. The van der Waals surface area contributed by atoms with Crippen LogP contribution in [-0.2, 0) is 16.0 Å². The van der Waals surface area contributed by atoms with Crippen LogP contribution < -0.4 is 5.32 Å². The molecule has 0 aromatic carbocycles. The van der Waals surface area contributed by atoms with Crippen LogP contribution in [0.25, 0.3) is 0 Å². The molecule has 1 aromatic heterocycles. The molecular weight excluding hydrogens is 244 g/mol. The summed E-state index contributed by atoms with van der Waals surface area (Å²) < 4.78 is 10.6. The number of nitrogens with one attached hydrogen (secondary N) is 1. The molecule has 0 unspecified atom stereocenters. The number of hydrogen-bond acceptors (Lipinski definition) is 5. The second-order valence-electron chi connectivity index (χ2n) is 5.06. The zero-order valence-corrected chi connectivity index (χ0v) is 11.5. The summed E-state index contributed by atoms with van der Waals surface area (Å²) in [5.74, 6) is 0.0662. The van der Waals surface area contributed by atoms with Crippen molar-refractivity contribution < 1.29 is 14.6 Å². The molecule has 0 saturated carbocycles. The lowest BCUT2D eigenvalue weighted by Gasteiger charge is -2.33. The van der Waals surface area contributed by atoms with E-state index in [1.165, 1.54) is 0 Å². The first kappa shape index (κ1) is 14.4. The fourth-order valence-corrected chi connectivity index (χ4v) is 2.34. The predicted molar refractivity (Wildman–Crippen MR) is 71.8 cm³/mol. The Hall–Kier alpha value is -1.01. The van der Waals surface area contributed by atoms with E-state index in [1.54, 1.807) is 7.11 Å². The number of hydrogen-bond donors (Lipinski definition) is 2. The fourth-order valence-electron chi connectivity index (χ4n) is 2.34. The molecule has 1 fully saturated rings. The van der Waals surface area contributed by atoms with Gasteiger partial charge in [0.05, 0.1) is 19.3 Å². The summed E-state index contributed by atoms with van der Waals surface area (Å²) >= 11 is 0. The number of aryl methyl sites for hydroxylation is 1. The van der Waals surface area contributed by atoms with E-state index in [-0.39, 0.29) is 12.0 Å². The van der Waals surface area contributed by atoms with Gasteiger partial charge in [-0.3, -0.25) is 4.98 Å². The van der Waals surface area contributed by atoms with Crippen LogP contribution in [0.15, 0.2) is 18.5 Å². The van der Waals surface area contributed by atoms with Crippen molar-refractivity contribution in [3.05, 3.63) is 29.6 Å². The third-order valence-corrected chi connectivity index (χ3v) is 3.45. The highest BCUT2D eigenvalue weighted by atomic mass is 16.5. The molecule has 0 bridgehead atoms. The largest absolute Gasteiger partial charge is 0.390 e. The Balaban J connectivity index is 1.79. The van der Waals surface area contributed by atoms with Gasteiger partial charge in [-0.1, -0.05) is 6.07 Å². The minimum absolute atomic E-state index is 0.0662. The minimum Gasteiger partial charge on any atom is -0.390 e. The summed E-state index contributed by atoms with van der Waals surface area (Å²) in [6.45, 7) is 4.51. The first-order chi connectivity index (χ1) is 9.20. The molecule has 0 radical (unpaired) electrons. The van der Waals surface area contributed by atoms with Gasteiger partial charge in [0.2, 0.25) is 0 Å². The third-order valence-electron chi connectivity index (χ3n) is 3.45. The minimum atomic E-state index is -0.470. The van der Waals surface area contributed by atoms with E-state index in [1.807, 2.05) is 19.3 Å². The molecule has 0 aliphatic carbocycles. The highest BCUT2D eigenvalue weighted by molar-refractivity contribution is 5.16. The molecule has 1 saturated heterocycles. The van der Waals surface area contributed by atoms with Gasteiger partial charge in [0.25, 0.3) is 0 Å². The van der Waals surface area contributed by atoms with Crippen molar-refractivity contribution in [3.8, 4) is 0 Å². The zero-order chi connectivity index (χ0) is 13.7. The molecule has 106 valence electrons. The first-order valence-corrected chi connectivity index (χ1v) is 6.60. The Morgan fingerprint density at radius 3 is 3.05 bits per heavy atom. The number of rotatable bonds is 5. The number of ether oxygens (including phenoxy) is 2. The molecule has 2 N–H and O–H groups in total. The van der Waals surface area contributed by atoms with Crippen molar-refractivity contribution in [3.63, 3.8) is 0 Å². The summed E-state index contributed by atoms with van der Waals surface area (Å²) in [5.41, 5.74) is 2.30. The van der Waals surface area contributed by atoms with Gasteiger partial charge >= 0.3 is 0 Å². The van der Waals surface area contributed by atoms with E-state index in [4.69, 9.17) is 9.47 Å². The summed E-state index contributed by atoms with van der Waals surface area (Å²) in [4.78, 5) is 4.16. The normalized spacial score (nSPS) is 27.4. The molecule has 0 spiro atoms. The van der Waals surface area contributed by atoms with Crippen LogP contribution >= 0.6 is 0 Å². The standard InChI is InChI=1S/C14H22N2O3/c1-10-3-11(5-15-4-10)6-16-7-12-8-19-9-13(18-2)14(12)17/h3-5,12-14,16-17H,6-9H2,1-2H3/t12-,13-,14+/m1/s1. The summed E-state index contributed by atoms with van der Waals surface area (Å²) in [6, 6.07) is 2.10. The van der Waals surface area contributed by atoms with Gasteiger partial charge in [-0.05, 0) is 18.1 Å². The van der Waals surface area contributed by atoms with Crippen LogP contribution in [0.3, 0.4) is 0 Å². The molecule has 2 heterocycles. The molecule has 1 aliphatic rings. The Labute approximate surface area is 114 Å². The molecule has 19 heavy (non-hydrogen) atoms. The zero-order valence-electron chi connectivity index (χ0n) is 11.5. The van der Waals surface area contributed by atoms with Crippen LogP contribution in [0.1, 0.15) is 11.1 Å². The number of aliphatic hydroxyl groups excluding tert-OH is 1. The van der Waals surface area contributed by atoms with Crippen LogP contribution in [-0.4, -0.2) is 49.2 Å². The van der Waals surface area contributed by atoms with Crippen molar-refractivity contribution in [1.29, 1.82) is 0 Å². The van der Waals surface area contributed by atoms with E-state index in [2.05, 4.69) is 16.4 Å². The lowest BCUT2D eigenvalue weighted by molar-refractivity contribution is -0.133. The topological polar surface area (TPSA) is 63.6 Å². The van der Waals surface area contributed by atoms with Gasteiger partial charge in [-0.25, -0.2) is 0 Å². The van der Waals surface area contributed by atoms with Gasteiger partial charge in [0, 0.05) is 38.5 Å². The Kier molecular flexibility index (Phi) is 5.27. The smallest absolute Gasteiger partial charge is 0.107 e. The van der Waals surface area contributed by atoms with E-state index >= 15 is 0 Å². The molecule has 0 amide bonds. The van der Waals surface area contributed by atoms with Crippen molar-refractivity contribution in [2.75, 3.05) is 26.9 Å². The third kappa shape index (κ3) is 3.98. The van der Waals surface area contributed by atoms with Crippen LogP contribution in [0.5, 0.6) is 0 Å². The maximum Gasteiger partial charge on any atom is 0.107 e. The highest BCUT2D eigenvalue weighted by Crippen LogP contribution is 2.16. The quantitative estimate of drug-likeness (QED) is 0.812. The van der Waals surface area contributed by atoms with Gasteiger partial charge in [0.15, 0.2) is 0 Å². The van der Waals surface area contributed by atoms with Crippen molar-refractivity contribution in [2.24, 2.45) is 5.92 Å². The molecule has 3 atom stereocenters. The molecule has 2 rings (SSSR count). The number of nitrogens with zero attached hydrogens (tertiary/aromatic N) is 1. The lowest BCUT2D eigenvalue weighted by atomic mass is 9.96. The monoisotopic (exact) mass is 266 g/mol. The second-order valence-corrected chi connectivity index (χ2v) is 5.06. The summed E-state index contributed by atoms with van der Waals surface area (Å²) in [6.07, 6.45) is 3.00. The van der Waals surface area contributed by atoms with Gasteiger partial charge in [-0.15, -0.1) is 0 Å². The number of aromatic nitrogens is 1. The molecular formula is C14H22N2O3. The van der Waals surface area contributed by atoms with Gasteiger partial charge < -0.3 is 19.9 Å². The predicted octanol–water partition coefficient (Wildman–Crippen LogP) is 0.502. The average molecular weight is 266 g/mol. The maximum absolute atomic E-state index is 10.1. The van der Waals surface area contributed by atoms with E-state index in [9.17, 15) is 5.11 Å². The average Bonchev–Trinajstić information content (AvgIpc) is 2.41. The first-order valence-electron chi connectivity index (χ1n) is 6.60.